The van der Waals surface area contributed by atoms with Crippen LogP contribution in [0.5, 0.6) is 0 Å². The van der Waals surface area contributed by atoms with Crippen LogP contribution < -0.4 is 5.69 Å². The molecule has 3 aromatic rings. The molecule has 0 spiro atoms. The molecule has 8 heteroatoms. The monoisotopic (exact) mass is 294 g/mol. The van der Waals surface area contributed by atoms with E-state index in [1.54, 1.807) is 7.05 Å². The number of nitrogens with zero attached hydrogens (tertiary/aromatic N) is 3. The molecule has 108 valence electrons. The number of hydrogen-bond donors (Lipinski definition) is 1. The number of fused-ring (bicyclic) bond motifs is 1. The van der Waals surface area contributed by atoms with Gasteiger partial charge in [-0.15, -0.1) is 0 Å². The minimum atomic E-state index is -4.38. The second-order valence-electron chi connectivity index (χ2n) is 4.50. The molecule has 0 aliphatic heterocycles. The second-order valence-corrected chi connectivity index (χ2v) is 4.50. The van der Waals surface area contributed by atoms with Crippen molar-refractivity contribution >= 4 is 11.2 Å². The Labute approximate surface area is 116 Å². The van der Waals surface area contributed by atoms with Crippen molar-refractivity contribution < 1.29 is 13.2 Å². The van der Waals surface area contributed by atoms with E-state index in [-0.39, 0.29) is 11.5 Å². The Kier molecular flexibility index (Phi) is 2.82. The van der Waals surface area contributed by atoms with Crippen molar-refractivity contribution in [1.29, 1.82) is 0 Å². The first-order valence-electron chi connectivity index (χ1n) is 5.95. The normalized spacial score (nSPS) is 12.0. The molecule has 1 aromatic carbocycles. The first kappa shape index (κ1) is 13.3. The predicted molar refractivity (Wildman–Crippen MR) is 69.6 cm³/mol. The summed E-state index contributed by atoms with van der Waals surface area (Å²) in [6.45, 7) is 0. The molecule has 0 aliphatic carbocycles. The summed E-state index contributed by atoms with van der Waals surface area (Å²) in [5, 5.41) is 0. The molecule has 5 nitrogen and oxygen atoms in total. The summed E-state index contributed by atoms with van der Waals surface area (Å²) in [5.74, 6) is 0.255. The van der Waals surface area contributed by atoms with Crippen LogP contribution in [-0.4, -0.2) is 19.5 Å². The molecule has 3 rings (SSSR count). The molecular weight excluding hydrogens is 285 g/mol. The molecule has 0 saturated heterocycles. The van der Waals surface area contributed by atoms with Crippen molar-refractivity contribution in [1.82, 2.24) is 19.5 Å². The summed E-state index contributed by atoms with van der Waals surface area (Å²) in [6.07, 6.45) is -2.95. The van der Waals surface area contributed by atoms with Crippen molar-refractivity contribution in [3.05, 3.63) is 46.5 Å². The molecule has 1 N–H and O–H groups in total. The maximum absolute atomic E-state index is 12.5. The maximum Gasteiger partial charge on any atom is 0.416 e. The van der Waals surface area contributed by atoms with Crippen LogP contribution in [0.1, 0.15) is 5.56 Å². The van der Waals surface area contributed by atoms with Gasteiger partial charge in [0.05, 0.1) is 11.8 Å². The number of hydrogen-bond acceptors (Lipinski definition) is 3. The Balaban J connectivity index is 2.08. The standard InChI is InChI=1S/C13H9F3N4O/c1-20-11-9(18-12(20)21)6-17-10(19-11)7-2-4-8(5-3-7)13(14,15)16/h2-6H,1H3,(H,18,21). The first-order valence-corrected chi connectivity index (χ1v) is 5.95. The number of nitrogens with one attached hydrogen (secondary N) is 1. The number of H-pyrrole nitrogens is 1. The molecule has 2 heterocycles. The maximum atomic E-state index is 12.5. The Hall–Kier alpha value is -2.64. The number of imidazole rings is 1. The van der Waals surface area contributed by atoms with E-state index in [4.69, 9.17) is 0 Å². The fourth-order valence-electron chi connectivity index (χ4n) is 1.96. The van der Waals surface area contributed by atoms with E-state index in [0.29, 0.717) is 16.7 Å². The quantitative estimate of drug-likeness (QED) is 0.749. The minimum absolute atomic E-state index is 0.255. The highest BCUT2D eigenvalue weighted by Gasteiger charge is 2.30. The van der Waals surface area contributed by atoms with Gasteiger partial charge in [-0.25, -0.2) is 14.8 Å². The molecule has 0 fully saturated rings. The third-order valence-corrected chi connectivity index (χ3v) is 3.10. The highest BCUT2D eigenvalue weighted by atomic mass is 19.4. The average molecular weight is 294 g/mol. The van der Waals surface area contributed by atoms with E-state index in [0.717, 1.165) is 12.1 Å². The lowest BCUT2D eigenvalue weighted by molar-refractivity contribution is -0.137. The minimum Gasteiger partial charge on any atom is -0.303 e. The van der Waals surface area contributed by atoms with Crippen molar-refractivity contribution in [2.45, 2.75) is 6.18 Å². The highest BCUT2D eigenvalue weighted by molar-refractivity contribution is 5.72. The van der Waals surface area contributed by atoms with Crippen molar-refractivity contribution in [2.75, 3.05) is 0 Å². The van der Waals surface area contributed by atoms with Gasteiger partial charge in [0.15, 0.2) is 11.5 Å². The van der Waals surface area contributed by atoms with E-state index in [1.165, 1.54) is 22.9 Å². The van der Waals surface area contributed by atoms with Crippen LogP contribution in [0.15, 0.2) is 35.3 Å². The van der Waals surface area contributed by atoms with Gasteiger partial charge in [-0.1, -0.05) is 12.1 Å². The van der Waals surface area contributed by atoms with Crippen LogP contribution in [-0.2, 0) is 13.2 Å². The summed E-state index contributed by atoms with van der Waals surface area (Å²) >= 11 is 0. The molecule has 0 saturated carbocycles. The number of benzene rings is 1. The highest BCUT2D eigenvalue weighted by Crippen LogP contribution is 2.30. The third kappa shape index (κ3) is 2.28. The van der Waals surface area contributed by atoms with E-state index in [9.17, 15) is 18.0 Å². The Bertz CT molecular complexity index is 862. The van der Waals surface area contributed by atoms with E-state index >= 15 is 0 Å². The number of aromatic nitrogens is 4. The van der Waals surface area contributed by atoms with Gasteiger partial charge in [0.25, 0.3) is 0 Å². The van der Waals surface area contributed by atoms with Gasteiger partial charge in [-0.05, 0) is 12.1 Å². The summed E-state index contributed by atoms with van der Waals surface area (Å²) in [6, 6.07) is 4.54. The molecule has 0 atom stereocenters. The zero-order valence-electron chi connectivity index (χ0n) is 10.8. The summed E-state index contributed by atoms with van der Waals surface area (Å²) in [7, 11) is 1.55. The Morgan fingerprint density at radius 2 is 1.86 bits per heavy atom. The fraction of sp³-hybridized carbons (Fsp3) is 0.154. The second kappa shape index (κ2) is 4.44. The lowest BCUT2D eigenvalue weighted by Crippen LogP contribution is -2.12. The van der Waals surface area contributed by atoms with Crippen molar-refractivity contribution in [3.8, 4) is 11.4 Å². The molecule has 0 radical (unpaired) electrons. The smallest absolute Gasteiger partial charge is 0.303 e. The van der Waals surface area contributed by atoms with Crippen LogP contribution in [0.4, 0.5) is 13.2 Å². The fourth-order valence-corrected chi connectivity index (χ4v) is 1.96. The van der Waals surface area contributed by atoms with Gasteiger partial charge in [0.1, 0.15) is 5.52 Å². The third-order valence-electron chi connectivity index (χ3n) is 3.10. The lowest BCUT2D eigenvalue weighted by atomic mass is 10.1. The molecule has 2 aromatic heterocycles. The Morgan fingerprint density at radius 1 is 1.19 bits per heavy atom. The number of aryl methyl sites for hydroxylation is 1. The van der Waals surface area contributed by atoms with Gasteiger partial charge < -0.3 is 4.98 Å². The molecule has 0 amide bonds. The average Bonchev–Trinajstić information content (AvgIpc) is 2.73. The van der Waals surface area contributed by atoms with Crippen molar-refractivity contribution in [2.24, 2.45) is 7.05 Å². The van der Waals surface area contributed by atoms with Crippen molar-refractivity contribution in [3.63, 3.8) is 0 Å². The van der Waals surface area contributed by atoms with Crippen LogP contribution >= 0.6 is 0 Å². The number of alkyl halides is 3. The van der Waals surface area contributed by atoms with Gasteiger partial charge in [-0.3, -0.25) is 4.57 Å². The largest absolute Gasteiger partial charge is 0.416 e. The van der Waals surface area contributed by atoms with Crippen LogP contribution in [0.25, 0.3) is 22.6 Å². The summed E-state index contributed by atoms with van der Waals surface area (Å²) in [5.41, 5.74) is 0.242. The summed E-state index contributed by atoms with van der Waals surface area (Å²) in [4.78, 5) is 22.3. The zero-order valence-corrected chi connectivity index (χ0v) is 10.8. The zero-order chi connectivity index (χ0) is 15.2. The molecule has 21 heavy (non-hydrogen) atoms. The van der Waals surface area contributed by atoms with Gasteiger partial charge in [0.2, 0.25) is 0 Å². The van der Waals surface area contributed by atoms with Crippen LogP contribution in [0.3, 0.4) is 0 Å². The van der Waals surface area contributed by atoms with Gasteiger partial charge in [0, 0.05) is 12.6 Å². The predicted octanol–water partition coefficient (Wildman–Crippen LogP) is 2.34. The topological polar surface area (TPSA) is 63.6 Å². The molecule has 0 bridgehead atoms. The molecular formula is C13H9F3N4O. The van der Waals surface area contributed by atoms with Gasteiger partial charge in [-0.2, -0.15) is 13.2 Å². The van der Waals surface area contributed by atoms with Gasteiger partial charge >= 0.3 is 11.9 Å². The van der Waals surface area contributed by atoms with Crippen LogP contribution in [0.2, 0.25) is 0 Å². The van der Waals surface area contributed by atoms with E-state index in [1.807, 2.05) is 0 Å². The lowest BCUT2D eigenvalue weighted by Gasteiger charge is -2.07. The number of halogens is 3. The first-order chi connectivity index (χ1) is 9.86. The molecule has 0 aliphatic rings. The number of aromatic amines is 1. The van der Waals surface area contributed by atoms with E-state index in [2.05, 4.69) is 15.0 Å². The number of rotatable bonds is 1. The summed E-state index contributed by atoms with van der Waals surface area (Å²) < 4.78 is 38.8. The SMILES string of the molecule is Cn1c(=O)[nH]c2cnc(-c3ccc(C(F)(F)F)cc3)nc21. The van der Waals surface area contributed by atoms with Crippen LogP contribution in [0, 0.1) is 0 Å². The Morgan fingerprint density at radius 3 is 2.48 bits per heavy atom. The molecule has 0 unspecified atom stereocenters. The van der Waals surface area contributed by atoms with E-state index < -0.39 is 11.7 Å².